The lowest BCUT2D eigenvalue weighted by Gasteiger charge is -2.31. The van der Waals surface area contributed by atoms with Gasteiger partial charge in [0.15, 0.2) is 11.6 Å². The molecule has 116 valence electrons. The first-order valence-corrected chi connectivity index (χ1v) is 8.27. The highest BCUT2D eigenvalue weighted by molar-refractivity contribution is 7.88. The van der Waals surface area contributed by atoms with Crippen LogP contribution < -0.4 is 4.74 Å². The average molecular weight is 319 g/mol. The maximum atomic E-state index is 13.5. The molecule has 1 aliphatic heterocycles. The molecular weight excluding hydrogens is 304 g/mol. The van der Waals surface area contributed by atoms with E-state index in [1.54, 1.807) is 0 Å². The van der Waals surface area contributed by atoms with E-state index >= 15 is 0 Å². The van der Waals surface area contributed by atoms with Crippen LogP contribution in [0.2, 0.25) is 0 Å². The minimum Gasteiger partial charge on any atom is -0.422 e. The second kappa shape index (κ2) is 6.07. The molecule has 8 heteroatoms. The molecule has 1 aliphatic rings. The predicted molar refractivity (Wildman–Crippen MR) is 71.2 cm³/mol. The lowest BCUT2D eigenvalue weighted by Crippen LogP contribution is -2.49. The number of nitrogens with zero attached hydrogens (tertiary/aromatic N) is 1. The van der Waals surface area contributed by atoms with Gasteiger partial charge in [-0.2, -0.15) is 4.31 Å². The minimum absolute atomic E-state index is 0.213. The average Bonchev–Trinajstić information content (AvgIpc) is 2.42. The summed E-state index contributed by atoms with van der Waals surface area (Å²) in [6.07, 6.45) is 2.60. The van der Waals surface area contributed by atoms with Gasteiger partial charge in [-0.3, -0.25) is 0 Å². The van der Waals surface area contributed by atoms with Crippen molar-refractivity contribution in [3.05, 3.63) is 29.8 Å². The van der Waals surface area contributed by atoms with Gasteiger partial charge in [-0.05, 0) is 31.4 Å². The summed E-state index contributed by atoms with van der Waals surface area (Å²) < 4.78 is 55.7. The van der Waals surface area contributed by atoms with Gasteiger partial charge in [0.1, 0.15) is 11.9 Å². The number of rotatable bonds is 3. The Balaban J connectivity index is 2.20. The third-order valence-corrected chi connectivity index (χ3v) is 4.54. The summed E-state index contributed by atoms with van der Waals surface area (Å²) in [5, 5.41) is 0. The molecular formula is C13H15F2NO4S. The van der Waals surface area contributed by atoms with Crippen molar-refractivity contribution in [2.45, 2.75) is 25.3 Å². The normalized spacial score (nSPS) is 20.2. The molecule has 1 fully saturated rings. The van der Waals surface area contributed by atoms with Crippen LogP contribution in [0.1, 0.15) is 19.3 Å². The molecule has 0 aromatic heterocycles. The van der Waals surface area contributed by atoms with Crippen LogP contribution in [0, 0.1) is 11.6 Å². The number of hydrogen-bond donors (Lipinski definition) is 0. The van der Waals surface area contributed by atoms with E-state index in [0.717, 1.165) is 28.8 Å². The molecule has 0 bridgehead atoms. The molecule has 0 spiro atoms. The standard InChI is InChI=1S/C13H15F2NO4S/c1-21(18,19)16-7-3-2-4-11(16)13(17)20-12-8-9(14)5-6-10(12)15/h5-6,8,11H,2-4,7H2,1H3/t11-/m1/s1. The molecule has 0 amide bonds. The van der Waals surface area contributed by atoms with Crippen molar-refractivity contribution in [1.82, 2.24) is 4.31 Å². The molecule has 0 radical (unpaired) electrons. The first-order chi connectivity index (χ1) is 9.79. The fourth-order valence-electron chi connectivity index (χ4n) is 2.27. The number of piperidine rings is 1. The van der Waals surface area contributed by atoms with Gasteiger partial charge in [-0.1, -0.05) is 0 Å². The SMILES string of the molecule is CS(=O)(=O)N1CCCC[C@@H]1C(=O)Oc1cc(F)ccc1F. The summed E-state index contributed by atoms with van der Waals surface area (Å²) in [5.74, 6) is -3.07. The highest BCUT2D eigenvalue weighted by Gasteiger charge is 2.36. The zero-order chi connectivity index (χ0) is 15.6. The van der Waals surface area contributed by atoms with E-state index in [2.05, 4.69) is 0 Å². The maximum Gasteiger partial charge on any atom is 0.329 e. The second-order valence-corrected chi connectivity index (χ2v) is 6.82. The van der Waals surface area contributed by atoms with Crippen molar-refractivity contribution in [1.29, 1.82) is 0 Å². The number of carbonyl (C=O) groups excluding carboxylic acids is 1. The summed E-state index contributed by atoms with van der Waals surface area (Å²) in [7, 11) is -3.57. The van der Waals surface area contributed by atoms with E-state index in [0.29, 0.717) is 19.3 Å². The fraction of sp³-hybridized carbons (Fsp3) is 0.462. The zero-order valence-corrected chi connectivity index (χ0v) is 12.2. The molecule has 1 heterocycles. The summed E-state index contributed by atoms with van der Waals surface area (Å²) in [6.45, 7) is 0.213. The number of sulfonamides is 1. The van der Waals surface area contributed by atoms with E-state index in [4.69, 9.17) is 4.74 Å². The Morgan fingerprint density at radius 2 is 2.05 bits per heavy atom. The smallest absolute Gasteiger partial charge is 0.329 e. The van der Waals surface area contributed by atoms with Crippen molar-refractivity contribution >= 4 is 16.0 Å². The summed E-state index contributed by atoms with van der Waals surface area (Å²) in [6, 6.07) is 1.49. The largest absolute Gasteiger partial charge is 0.422 e. The molecule has 2 rings (SSSR count). The molecule has 21 heavy (non-hydrogen) atoms. The van der Waals surface area contributed by atoms with Crippen LogP contribution in [0.4, 0.5) is 8.78 Å². The zero-order valence-electron chi connectivity index (χ0n) is 11.4. The Morgan fingerprint density at radius 1 is 1.33 bits per heavy atom. The van der Waals surface area contributed by atoms with E-state index in [1.165, 1.54) is 0 Å². The summed E-state index contributed by atoms with van der Waals surface area (Å²) >= 11 is 0. The van der Waals surface area contributed by atoms with E-state index < -0.39 is 39.4 Å². The molecule has 1 aromatic rings. The van der Waals surface area contributed by atoms with Crippen molar-refractivity contribution in [2.24, 2.45) is 0 Å². The van der Waals surface area contributed by atoms with Crippen LogP contribution in [0.25, 0.3) is 0 Å². The van der Waals surface area contributed by atoms with Gasteiger partial charge >= 0.3 is 5.97 Å². The Hall–Kier alpha value is -1.54. The number of hydrogen-bond acceptors (Lipinski definition) is 4. The first-order valence-electron chi connectivity index (χ1n) is 6.42. The van der Waals surface area contributed by atoms with Gasteiger partial charge in [0.2, 0.25) is 10.0 Å². The van der Waals surface area contributed by atoms with Crippen molar-refractivity contribution < 1.29 is 26.7 Å². The van der Waals surface area contributed by atoms with Gasteiger partial charge in [-0.15, -0.1) is 0 Å². The fourth-order valence-corrected chi connectivity index (χ4v) is 3.38. The number of halogens is 2. The van der Waals surface area contributed by atoms with E-state index in [1.807, 2.05) is 0 Å². The number of benzene rings is 1. The number of ether oxygens (including phenoxy) is 1. The number of esters is 1. The molecule has 0 N–H and O–H groups in total. The van der Waals surface area contributed by atoms with Gasteiger partial charge < -0.3 is 4.74 Å². The Labute approximate surface area is 121 Å². The summed E-state index contributed by atoms with van der Waals surface area (Å²) in [5.41, 5.74) is 0. The number of carbonyl (C=O) groups is 1. The molecule has 5 nitrogen and oxygen atoms in total. The molecule has 0 aliphatic carbocycles. The van der Waals surface area contributed by atoms with Gasteiger partial charge in [0.05, 0.1) is 6.26 Å². The van der Waals surface area contributed by atoms with Crippen LogP contribution in [-0.4, -0.2) is 37.5 Å². The maximum absolute atomic E-state index is 13.5. The van der Waals surface area contributed by atoms with Crippen LogP contribution in [0.5, 0.6) is 5.75 Å². The van der Waals surface area contributed by atoms with Crippen LogP contribution in [0.15, 0.2) is 18.2 Å². The second-order valence-electron chi connectivity index (χ2n) is 4.88. The first kappa shape index (κ1) is 15.8. The Morgan fingerprint density at radius 3 is 2.71 bits per heavy atom. The summed E-state index contributed by atoms with van der Waals surface area (Å²) in [4.78, 5) is 12.1. The van der Waals surface area contributed by atoms with Gasteiger partial charge in [0, 0.05) is 12.6 Å². The molecule has 1 aromatic carbocycles. The molecule has 1 saturated heterocycles. The minimum atomic E-state index is -3.57. The topological polar surface area (TPSA) is 63.7 Å². The Kier molecular flexibility index (Phi) is 4.58. The third kappa shape index (κ3) is 3.76. The van der Waals surface area contributed by atoms with Crippen LogP contribution >= 0.6 is 0 Å². The molecule has 0 unspecified atom stereocenters. The molecule has 0 saturated carbocycles. The third-order valence-electron chi connectivity index (χ3n) is 3.26. The highest BCUT2D eigenvalue weighted by Crippen LogP contribution is 2.24. The quantitative estimate of drug-likeness (QED) is 0.628. The van der Waals surface area contributed by atoms with Crippen molar-refractivity contribution in [2.75, 3.05) is 12.8 Å². The highest BCUT2D eigenvalue weighted by atomic mass is 32.2. The van der Waals surface area contributed by atoms with Crippen molar-refractivity contribution in [3.63, 3.8) is 0 Å². The predicted octanol–water partition coefficient (Wildman–Crippen LogP) is 1.68. The van der Waals surface area contributed by atoms with Gasteiger partial charge in [-0.25, -0.2) is 22.0 Å². The molecule has 1 atom stereocenters. The van der Waals surface area contributed by atoms with Crippen LogP contribution in [-0.2, 0) is 14.8 Å². The van der Waals surface area contributed by atoms with Crippen molar-refractivity contribution in [3.8, 4) is 5.75 Å². The monoisotopic (exact) mass is 319 g/mol. The van der Waals surface area contributed by atoms with Gasteiger partial charge in [0.25, 0.3) is 0 Å². The van der Waals surface area contributed by atoms with E-state index in [-0.39, 0.29) is 6.54 Å². The van der Waals surface area contributed by atoms with Crippen LogP contribution in [0.3, 0.4) is 0 Å². The Bertz CT molecular complexity index is 648. The lowest BCUT2D eigenvalue weighted by atomic mass is 10.1. The van der Waals surface area contributed by atoms with E-state index in [9.17, 15) is 22.0 Å². The lowest BCUT2D eigenvalue weighted by molar-refractivity contribution is -0.139.